The molecule has 0 spiro atoms. The van der Waals surface area contributed by atoms with Crippen LogP contribution in [-0.2, 0) is 0 Å². The molecule has 1 N–H and O–H groups in total. The molecule has 0 aliphatic carbocycles. The summed E-state index contributed by atoms with van der Waals surface area (Å²) in [6.45, 7) is 0. The topological polar surface area (TPSA) is 42.1 Å². The van der Waals surface area contributed by atoms with Crippen LogP contribution in [-0.4, -0.2) is 11.3 Å². The lowest BCUT2D eigenvalue weighted by Crippen LogP contribution is -2.17. The van der Waals surface area contributed by atoms with Crippen LogP contribution in [0.5, 0.6) is 5.75 Å². The van der Waals surface area contributed by atoms with E-state index in [0.717, 1.165) is 18.3 Å². The van der Waals surface area contributed by atoms with Gasteiger partial charge in [-0.25, -0.2) is 4.39 Å². The molecule has 3 nitrogen and oxygen atoms in total. The van der Waals surface area contributed by atoms with E-state index >= 15 is 0 Å². The van der Waals surface area contributed by atoms with Crippen LogP contribution >= 0.6 is 0 Å². The molecule has 7 heteroatoms. The molecule has 0 aliphatic rings. The molecule has 100 valence electrons. The number of nitrogens with one attached hydrogen (secondary N) is 1. The number of alkyl halides is 3. The second-order valence-corrected chi connectivity index (χ2v) is 3.62. The Bertz CT molecular complexity index is 631. The zero-order valence-corrected chi connectivity index (χ0v) is 9.29. The largest absolute Gasteiger partial charge is 0.573 e. The molecule has 2 rings (SSSR count). The molecule has 0 saturated heterocycles. The summed E-state index contributed by atoms with van der Waals surface area (Å²) in [7, 11) is 0. The van der Waals surface area contributed by atoms with Gasteiger partial charge in [0.2, 0.25) is 5.43 Å². The first-order chi connectivity index (χ1) is 8.87. The maximum absolute atomic E-state index is 13.0. The lowest BCUT2D eigenvalue weighted by atomic mass is 10.1. The van der Waals surface area contributed by atoms with Crippen molar-refractivity contribution in [1.82, 2.24) is 4.98 Å². The van der Waals surface area contributed by atoms with Gasteiger partial charge in [-0.1, -0.05) is 12.1 Å². The second kappa shape index (κ2) is 4.75. The summed E-state index contributed by atoms with van der Waals surface area (Å²) in [4.78, 5) is 13.9. The molecule has 0 unspecified atom stereocenters. The highest BCUT2D eigenvalue weighted by Gasteiger charge is 2.30. The van der Waals surface area contributed by atoms with Crippen LogP contribution in [0.25, 0.3) is 11.1 Å². The third-order valence-electron chi connectivity index (χ3n) is 2.30. The van der Waals surface area contributed by atoms with Gasteiger partial charge in [0, 0.05) is 18.0 Å². The van der Waals surface area contributed by atoms with Gasteiger partial charge in [-0.2, -0.15) is 0 Å². The Labute approximate surface area is 104 Å². The Morgan fingerprint density at radius 1 is 1.05 bits per heavy atom. The number of rotatable bonds is 2. The quantitative estimate of drug-likeness (QED) is 0.854. The van der Waals surface area contributed by atoms with Crippen molar-refractivity contribution in [2.45, 2.75) is 6.36 Å². The Morgan fingerprint density at radius 3 is 2.26 bits per heavy atom. The monoisotopic (exact) mass is 273 g/mol. The van der Waals surface area contributed by atoms with Crippen molar-refractivity contribution in [2.75, 3.05) is 0 Å². The van der Waals surface area contributed by atoms with Gasteiger partial charge in [-0.15, -0.1) is 13.2 Å². The highest BCUT2D eigenvalue weighted by atomic mass is 19.4. The number of benzene rings is 1. The molecule has 0 aliphatic heterocycles. The second-order valence-electron chi connectivity index (χ2n) is 3.62. The van der Waals surface area contributed by atoms with Gasteiger partial charge < -0.3 is 9.72 Å². The van der Waals surface area contributed by atoms with Gasteiger partial charge in [0.15, 0.2) is 5.82 Å². The van der Waals surface area contributed by atoms with Crippen LogP contribution in [0, 0.1) is 5.82 Å². The minimum atomic E-state index is -4.78. The van der Waals surface area contributed by atoms with E-state index in [9.17, 15) is 22.4 Å². The van der Waals surface area contributed by atoms with Crippen molar-refractivity contribution in [1.29, 1.82) is 0 Å². The molecule has 1 heterocycles. The van der Waals surface area contributed by atoms with E-state index in [4.69, 9.17) is 0 Å². The number of ether oxygens (including phenoxy) is 1. The summed E-state index contributed by atoms with van der Waals surface area (Å²) >= 11 is 0. The number of hydrogen-bond donors (Lipinski definition) is 1. The van der Waals surface area contributed by atoms with Crippen molar-refractivity contribution in [3.63, 3.8) is 0 Å². The Morgan fingerprint density at radius 2 is 1.68 bits per heavy atom. The van der Waals surface area contributed by atoms with Crippen LogP contribution < -0.4 is 10.2 Å². The first kappa shape index (κ1) is 13.1. The summed E-state index contributed by atoms with van der Waals surface area (Å²) in [5.41, 5.74) is -0.517. The van der Waals surface area contributed by atoms with Crippen molar-refractivity contribution < 1.29 is 22.3 Å². The fourth-order valence-electron chi connectivity index (χ4n) is 1.51. The van der Waals surface area contributed by atoms with Gasteiger partial charge in [-0.3, -0.25) is 4.79 Å². The van der Waals surface area contributed by atoms with Crippen molar-refractivity contribution >= 4 is 0 Å². The molecule has 0 atom stereocenters. The SMILES string of the molecule is O=c1c(F)c[nH]cc1-c1ccc(OC(F)(F)F)cc1. The number of halogens is 4. The molecule has 0 saturated carbocycles. The van der Waals surface area contributed by atoms with Gasteiger partial charge in [-0.05, 0) is 17.7 Å². The van der Waals surface area contributed by atoms with Gasteiger partial charge >= 0.3 is 6.36 Å². The van der Waals surface area contributed by atoms with Crippen LogP contribution in [0.15, 0.2) is 41.5 Å². The fourth-order valence-corrected chi connectivity index (χ4v) is 1.51. The molecular formula is C12H7F4NO2. The van der Waals surface area contributed by atoms with Crippen molar-refractivity contribution in [3.05, 3.63) is 52.7 Å². The molecule has 0 fully saturated rings. The summed E-state index contributed by atoms with van der Waals surface area (Å²) in [6, 6.07) is 4.58. The zero-order chi connectivity index (χ0) is 14.0. The van der Waals surface area contributed by atoms with E-state index in [1.54, 1.807) is 0 Å². The van der Waals surface area contributed by atoms with Gasteiger partial charge in [0.25, 0.3) is 0 Å². The van der Waals surface area contributed by atoms with Crippen LogP contribution in [0.3, 0.4) is 0 Å². The summed E-state index contributed by atoms with van der Waals surface area (Å²) in [5.74, 6) is -1.38. The number of aromatic nitrogens is 1. The highest BCUT2D eigenvalue weighted by Crippen LogP contribution is 2.25. The number of H-pyrrole nitrogens is 1. The van der Waals surface area contributed by atoms with Gasteiger partial charge in [0.05, 0.1) is 0 Å². The first-order valence-electron chi connectivity index (χ1n) is 5.09. The number of pyridine rings is 1. The lowest BCUT2D eigenvalue weighted by molar-refractivity contribution is -0.274. The first-order valence-corrected chi connectivity index (χ1v) is 5.09. The van der Waals surface area contributed by atoms with Crippen LogP contribution in [0.4, 0.5) is 17.6 Å². The Hall–Kier alpha value is -2.31. The van der Waals surface area contributed by atoms with E-state index in [-0.39, 0.29) is 11.1 Å². The van der Waals surface area contributed by atoms with E-state index in [0.29, 0.717) is 0 Å². The number of hydrogen-bond acceptors (Lipinski definition) is 2. The molecule has 0 amide bonds. The Balaban J connectivity index is 2.33. The molecule has 2 aromatic rings. The van der Waals surface area contributed by atoms with E-state index in [1.807, 2.05) is 0 Å². The molecule has 0 bridgehead atoms. The highest BCUT2D eigenvalue weighted by molar-refractivity contribution is 5.63. The van der Waals surface area contributed by atoms with Crippen LogP contribution in [0.2, 0.25) is 0 Å². The van der Waals surface area contributed by atoms with Crippen LogP contribution in [0.1, 0.15) is 0 Å². The van der Waals surface area contributed by atoms with E-state index < -0.39 is 23.4 Å². The van der Waals surface area contributed by atoms with E-state index in [1.165, 1.54) is 18.3 Å². The average molecular weight is 273 g/mol. The predicted molar refractivity (Wildman–Crippen MR) is 59.1 cm³/mol. The molecule has 1 aromatic heterocycles. The van der Waals surface area contributed by atoms with Crippen molar-refractivity contribution in [3.8, 4) is 16.9 Å². The normalized spacial score (nSPS) is 11.4. The maximum atomic E-state index is 13.0. The summed E-state index contributed by atoms with van der Waals surface area (Å²) in [6.07, 6.45) is -2.62. The molecular weight excluding hydrogens is 266 g/mol. The number of aromatic amines is 1. The maximum Gasteiger partial charge on any atom is 0.573 e. The smallest absolute Gasteiger partial charge is 0.406 e. The van der Waals surface area contributed by atoms with Gasteiger partial charge in [0.1, 0.15) is 5.75 Å². The minimum Gasteiger partial charge on any atom is -0.406 e. The summed E-state index contributed by atoms with van der Waals surface area (Å²) in [5, 5.41) is 0. The predicted octanol–water partition coefficient (Wildman–Crippen LogP) is 3.08. The molecule has 0 radical (unpaired) electrons. The molecule has 1 aromatic carbocycles. The Kier molecular flexibility index (Phi) is 3.28. The van der Waals surface area contributed by atoms with Crippen molar-refractivity contribution in [2.24, 2.45) is 0 Å². The van der Waals surface area contributed by atoms with E-state index in [2.05, 4.69) is 9.72 Å². The average Bonchev–Trinajstić information content (AvgIpc) is 2.32. The zero-order valence-electron chi connectivity index (χ0n) is 9.29. The summed E-state index contributed by atoms with van der Waals surface area (Å²) < 4.78 is 52.6. The lowest BCUT2D eigenvalue weighted by Gasteiger charge is -2.09. The third-order valence-corrected chi connectivity index (χ3v) is 2.30. The third kappa shape index (κ3) is 3.12. The molecule has 19 heavy (non-hydrogen) atoms. The standard InChI is InChI=1S/C12H7F4NO2/c13-10-6-17-5-9(11(10)18)7-1-3-8(4-2-7)19-12(14,15)16/h1-6H,(H,17,18). The fraction of sp³-hybridized carbons (Fsp3) is 0.0833. The minimum absolute atomic E-state index is 0.0264.